The van der Waals surface area contributed by atoms with Crippen molar-refractivity contribution in [3.63, 3.8) is 0 Å². The number of hydrogen-bond donors (Lipinski definition) is 0. The van der Waals surface area contributed by atoms with E-state index in [2.05, 4.69) is 26.9 Å². The number of fused-ring (bicyclic) bond motifs is 1. The minimum absolute atomic E-state index is 0.686. The van der Waals surface area contributed by atoms with E-state index in [1.165, 1.54) is 0 Å². The first-order chi connectivity index (χ1) is 14.8. The summed E-state index contributed by atoms with van der Waals surface area (Å²) in [7, 11) is 0. The van der Waals surface area contributed by atoms with Gasteiger partial charge in [-0.2, -0.15) is 0 Å². The van der Waals surface area contributed by atoms with Gasteiger partial charge < -0.3 is 19.3 Å². The summed E-state index contributed by atoms with van der Waals surface area (Å²) in [5, 5.41) is 10.3. The van der Waals surface area contributed by atoms with E-state index in [0.29, 0.717) is 26.4 Å². The smallest absolute Gasteiger partial charge is 0.178 e. The van der Waals surface area contributed by atoms with Crippen LogP contribution in [0, 0.1) is 0 Å². The number of nitrogens with zero attached hydrogens (tertiary/aromatic N) is 6. The Morgan fingerprint density at radius 1 is 0.800 bits per heavy atom. The average Bonchev–Trinajstić information content (AvgIpc) is 2.84. The fourth-order valence-corrected chi connectivity index (χ4v) is 4.05. The van der Waals surface area contributed by atoms with Crippen LogP contribution >= 0.6 is 0 Å². The summed E-state index contributed by atoms with van der Waals surface area (Å²) < 4.78 is 11.1. The van der Waals surface area contributed by atoms with Gasteiger partial charge in [0.1, 0.15) is 5.52 Å². The average molecular weight is 406 g/mol. The second-order valence-corrected chi connectivity index (χ2v) is 7.48. The van der Waals surface area contributed by atoms with Crippen molar-refractivity contribution in [2.45, 2.75) is 13.3 Å². The van der Waals surface area contributed by atoms with Gasteiger partial charge in [-0.1, -0.05) is 37.3 Å². The largest absolute Gasteiger partial charge is 0.378 e. The molecule has 0 saturated carbocycles. The molecule has 2 aliphatic rings. The highest BCUT2D eigenvalue weighted by atomic mass is 16.5. The lowest BCUT2D eigenvalue weighted by atomic mass is 10.1. The maximum atomic E-state index is 5.55. The predicted octanol–water partition coefficient (Wildman–Crippen LogP) is 2.32. The topological polar surface area (TPSA) is 76.5 Å². The van der Waals surface area contributed by atoms with Crippen LogP contribution in [0.4, 0.5) is 11.6 Å². The molecule has 8 heteroatoms. The normalized spacial score (nSPS) is 17.5. The van der Waals surface area contributed by atoms with Gasteiger partial charge in [0, 0.05) is 31.7 Å². The van der Waals surface area contributed by atoms with Gasteiger partial charge in [0.2, 0.25) is 0 Å². The second kappa shape index (κ2) is 8.49. The minimum atomic E-state index is 0.686. The maximum absolute atomic E-state index is 5.55. The quantitative estimate of drug-likeness (QED) is 0.653. The van der Waals surface area contributed by atoms with E-state index in [-0.39, 0.29) is 0 Å². The third-order valence-corrected chi connectivity index (χ3v) is 5.65. The molecule has 3 aromatic rings. The van der Waals surface area contributed by atoms with E-state index in [1.807, 2.05) is 30.3 Å². The van der Waals surface area contributed by atoms with Crippen molar-refractivity contribution in [1.29, 1.82) is 0 Å². The Hall–Kier alpha value is -2.84. The summed E-state index contributed by atoms with van der Waals surface area (Å²) in [5.74, 6) is 2.41. The molecule has 30 heavy (non-hydrogen) atoms. The van der Waals surface area contributed by atoms with Crippen LogP contribution in [-0.2, 0) is 15.9 Å². The summed E-state index contributed by atoms with van der Waals surface area (Å²) in [5.41, 5.74) is 2.88. The van der Waals surface area contributed by atoms with Gasteiger partial charge in [0.25, 0.3) is 0 Å². The Labute approximate surface area is 175 Å². The fourth-order valence-electron chi connectivity index (χ4n) is 4.05. The lowest BCUT2D eigenvalue weighted by Gasteiger charge is -2.31. The third kappa shape index (κ3) is 3.57. The van der Waals surface area contributed by atoms with Crippen LogP contribution in [-0.4, -0.2) is 72.8 Å². The zero-order valence-electron chi connectivity index (χ0n) is 17.3. The van der Waals surface area contributed by atoms with Gasteiger partial charge in [-0.3, -0.25) is 0 Å². The van der Waals surface area contributed by atoms with Crippen molar-refractivity contribution >= 4 is 22.5 Å². The van der Waals surface area contributed by atoms with Gasteiger partial charge >= 0.3 is 0 Å². The summed E-state index contributed by atoms with van der Waals surface area (Å²) in [6, 6.07) is 10.1. The maximum Gasteiger partial charge on any atom is 0.178 e. The number of hydrogen-bond acceptors (Lipinski definition) is 8. The molecule has 1 aromatic carbocycles. The van der Waals surface area contributed by atoms with Crippen molar-refractivity contribution in [2.75, 3.05) is 62.4 Å². The highest BCUT2D eigenvalue weighted by Gasteiger charge is 2.25. The molecule has 2 saturated heterocycles. The standard InChI is InChI=1S/C22H26N6O2/c1-2-17-18-19(24-20(23-17)16-6-4-3-5-7-16)22(28-10-14-30-15-11-28)26-25-21(18)27-8-12-29-13-9-27/h3-7H,2,8-15H2,1H3. The fraction of sp³-hybridized carbons (Fsp3) is 0.455. The van der Waals surface area contributed by atoms with Gasteiger partial charge in [-0.15, -0.1) is 10.2 Å². The molecule has 0 unspecified atom stereocenters. The molecule has 2 fully saturated rings. The molecule has 0 N–H and O–H groups in total. The predicted molar refractivity (Wildman–Crippen MR) is 116 cm³/mol. The Bertz CT molecular complexity index is 1020. The van der Waals surface area contributed by atoms with Crippen molar-refractivity contribution < 1.29 is 9.47 Å². The third-order valence-electron chi connectivity index (χ3n) is 5.65. The number of rotatable bonds is 4. The molecular formula is C22H26N6O2. The Kier molecular flexibility index (Phi) is 5.42. The van der Waals surface area contributed by atoms with Crippen molar-refractivity contribution in [3.05, 3.63) is 36.0 Å². The first-order valence-electron chi connectivity index (χ1n) is 10.6. The second-order valence-electron chi connectivity index (χ2n) is 7.48. The lowest BCUT2D eigenvalue weighted by Crippen LogP contribution is -2.39. The molecule has 0 aliphatic carbocycles. The van der Waals surface area contributed by atoms with Gasteiger partial charge in [-0.25, -0.2) is 9.97 Å². The molecule has 156 valence electrons. The molecule has 0 atom stereocenters. The monoisotopic (exact) mass is 406 g/mol. The highest BCUT2D eigenvalue weighted by Crippen LogP contribution is 2.34. The van der Waals surface area contributed by atoms with Gasteiger partial charge in [0.15, 0.2) is 17.5 Å². The lowest BCUT2D eigenvalue weighted by molar-refractivity contribution is 0.122. The van der Waals surface area contributed by atoms with Gasteiger partial charge in [0.05, 0.1) is 37.5 Å². The number of ether oxygens (including phenoxy) is 2. The van der Waals surface area contributed by atoms with Crippen LogP contribution in [0.15, 0.2) is 30.3 Å². The molecular weight excluding hydrogens is 380 g/mol. The molecule has 2 aliphatic heterocycles. The molecule has 5 rings (SSSR count). The molecule has 8 nitrogen and oxygen atoms in total. The van der Waals surface area contributed by atoms with E-state index >= 15 is 0 Å². The van der Waals surface area contributed by atoms with Crippen molar-refractivity contribution in [2.24, 2.45) is 0 Å². The number of benzene rings is 1. The Balaban J connectivity index is 1.73. The number of anilines is 2. The summed E-state index contributed by atoms with van der Waals surface area (Å²) in [6.45, 7) is 8.05. The molecule has 0 radical (unpaired) electrons. The molecule has 4 heterocycles. The van der Waals surface area contributed by atoms with Crippen LogP contribution in [0.2, 0.25) is 0 Å². The van der Waals surface area contributed by atoms with Crippen LogP contribution in [0.3, 0.4) is 0 Å². The molecule has 0 amide bonds. The summed E-state index contributed by atoms with van der Waals surface area (Å²) >= 11 is 0. The van der Waals surface area contributed by atoms with Crippen molar-refractivity contribution in [1.82, 2.24) is 20.2 Å². The SMILES string of the molecule is CCc1nc(-c2ccccc2)nc2c(N3CCOCC3)nnc(N3CCOCC3)c12. The Morgan fingerprint density at radius 2 is 1.40 bits per heavy atom. The number of aryl methyl sites for hydroxylation is 1. The van der Waals surface area contributed by atoms with E-state index in [4.69, 9.17) is 19.4 Å². The number of morpholine rings is 2. The van der Waals surface area contributed by atoms with E-state index in [0.717, 1.165) is 72.2 Å². The van der Waals surface area contributed by atoms with Crippen LogP contribution in [0.1, 0.15) is 12.6 Å². The van der Waals surface area contributed by atoms with Crippen LogP contribution in [0.5, 0.6) is 0 Å². The van der Waals surface area contributed by atoms with Crippen LogP contribution < -0.4 is 9.80 Å². The molecule has 0 spiro atoms. The Morgan fingerprint density at radius 3 is 2.03 bits per heavy atom. The summed E-state index contributed by atoms with van der Waals surface area (Å²) in [6.07, 6.45) is 0.796. The first-order valence-corrected chi connectivity index (χ1v) is 10.6. The highest BCUT2D eigenvalue weighted by molar-refractivity contribution is 5.98. The minimum Gasteiger partial charge on any atom is -0.378 e. The molecule has 2 aromatic heterocycles. The summed E-state index contributed by atoms with van der Waals surface area (Å²) in [4.78, 5) is 14.5. The zero-order chi connectivity index (χ0) is 20.3. The zero-order valence-corrected chi connectivity index (χ0v) is 17.3. The van der Waals surface area contributed by atoms with E-state index in [9.17, 15) is 0 Å². The van der Waals surface area contributed by atoms with E-state index in [1.54, 1.807) is 0 Å². The van der Waals surface area contributed by atoms with E-state index < -0.39 is 0 Å². The number of aromatic nitrogens is 4. The molecule has 0 bridgehead atoms. The van der Waals surface area contributed by atoms with Crippen LogP contribution in [0.25, 0.3) is 22.3 Å². The van der Waals surface area contributed by atoms with Crippen molar-refractivity contribution in [3.8, 4) is 11.4 Å². The first kappa shape index (κ1) is 19.1. The van der Waals surface area contributed by atoms with Gasteiger partial charge in [-0.05, 0) is 6.42 Å².